The summed E-state index contributed by atoms with van der Waals surface area (Å²) >= 11 is 0. The lowest BCUT2D eigenvalue weighted by Crippen LogP contribution is -2.15. The van der Waals surface area contributed by atoms with Gasteiger partial charge in [0.2, 0.25) is 0 Å². The van der Waals surface area contributed by atoms with Crippen molar-refractivity contribution < 1.29 is 4.79 Å². The van der Waals surface area contributed by atoms with Crippen molar-refractivity contribution in [1.82, 2.24) is 9.78 Å². The number of nitrogen functional groups attached to an aromatic ring is 1. The van der Waals surface area contributed by atoms with Crippen LogP contribution >= 0.6 is 0 Å². The highest BCUT2D eigenvalue weighted by atomic mass is 16.1. The summed E-state index contributed by atoms with van der Waals surface area (Å²) in [5.74, 6) is 0.333. The molecule has 0 spiro atoms. The standard InChI is InChI=1S/C22H23N7O/c1-3-15(11-23)22(30)27-17-5-4-6-19(10-17)29-13-14(2)21(28-29)26-18-7-8-20(25)16(9-18)12-24/h3-13,23-24H,25H2,1-2H3,(H,26,28)(H,27,30)/b15-3+,23-11?,24-12?. The summed E-state index contributed by atoms with van der Waals surface area (Å²) in [5.41, 5.74) is 10.4. The molecule has 3 aromatic rings. The van der Waals surface area contributed by atoms with Crippen LogP contribution in [0.25, 0.3) is 5.69 Å². The van der Waals surface area contributed by atoms with Crippen LogP contribution in [-0.2, 0) is 4.79 Å². The maximum atomic E-state index is 12.2. The summed E-state index contributed by atoms with van der Waals surface area (Å²) in [4.78, 5) is 12.2. The maximum absolute atomic E-state index is 12.2. The van der Waals surface area contributed by atoms with Crippen LogP contribution in [0.15, 0.2) is 60.3 Å². The molecule has 0 saturated carbocycles. The molecule has 0 aliphatic heterocycles. The largest absolute Gasteiger partial charge is 0.398 e. The van der Waals surface area contributed by atoms with Gasteiger partial charge in [0.15, 0.2) is 5.82 Å². The van der Waals surface area contributed by atoms with Crippen molar-refractivity contribution in [2.24, 2.45) is 0 Å². The van der Waals surface area contributed by atoms with Gasteiger partial charge in [-0.2, -0.15) is 0 Å². The summed E-state index contributed by atoms with van der Waals surface area (Å²) in [6, 6.07) is 12.7. The third-order valence-corrected chi connectivity index (χ3v) is 4.50. The minimum Gasteiger partial charge on any atom is -0.398 e. The zero-order valence-electron chi connectivity index (χ0n) is 16.7. The topological polar surface area (TPSA) is 133 Å². The van der Waals surface area contributed by atoms with Crippen LogP contribution in [0.1, 0.15) is 18.1 Å². The summed E-state index contributed by atoms with van der Waals surface area (Å²) in [5, 5.41) is 25.4. The number of carbonyl (C=O) groups excluding carboxylic acids is 1. The van der Waals surface area contributed by atoms with Gasteiger partial charge in [-0.3, -0.25) is 4.79 Å². The first kappa shape index (κ1) is 20.5. The third-order valence-electron chi connectivity index (χ3n) is 4.50. The number of aryl methyl sites for hydroxylation is 1. The van der Waals surface area contributed by atoms with E-state index in [1.54, 1.807) is 35.9 Å². The molecule has 1 amide bonds. The SMILES string of the molecule is C/C=C(\C=N)C(=O)Nc1cccc(-n2cc(C)c(Nc3ccc(N)c(C=N)c3)n2)c1. The molecular weight excluding hydrogens is 378 g/mol. The van der Waals surface area contributed by atoms with Gasteiger partial charge >= 0.3 is 0 Å². The Labute approximate surface area is 174 Å². The molecule has 0 bridgehead atoms. The number of anilines is 4. The highest BCUT2D eigenvalue weighted by Gasteiger charge is 2.10. The minimum atomic E-state index is -0.339. The van der Waals surface area contributed by atoms with E-state index in [1.807, 2.05) is 37.4 Å². The van der Waals surface area contributed by atoms with E-state index in [4.69, 9.17) is 16.6 Å². The molecular formula is C22H23N7O. The Bertz CT molecular complexity index is 1140. The van der Waals surface area contributed by atoms with Crippen LogP contribution in [-0.4, -0.2) is 28.1 Å². The van der Waals surface area contributed by atoms with Crippen molar-refractivity contribution in [1.29, 1.82) is 10.8 Å². The number of nitrogens with zero attached hydrogens (tertiary/aromatic N) is 2. The van der Waals surface area contributed by atoms with Crippen LogP contribution in [0.3, 0.4) is 0 Å². The van der Waals surface area contributed by atoms with E-state index in [-0.39, 0.29) is 11.5 Å². The smallest absolute Gasteiger partial charge is 0.256 e. The van der Waals surface area contributed by atoms with E-state index in [9.17, 15) is 4.79 Å². The summed E-state index contributed by atoms with van der Waals surface area (Å²) in [6.07, 6.45) is 5.70. The fourth-order valence-electron chi connectivity index (χ4n) is 2.84. The molecule has 0 radical (unpaired) electrons. The van der Waals surface area contributed by atoms with E-state index in [0.29, 0.717) is 22.8 Å². The number of amides is 1. The number of rotatable bonds is 7. The molecule has 152 valence electrons. The van der Waals surface area contributed by atoms with Gasteiger partial charge in [0.25, 0.3) is 5.91 Å². The van der Waals surface area contributed by atoms with Crippen LogP contribution in [0.2, 0.25) is 0 Å². The van der Waals surface area contributed by atoms with Crippen molar-refractivity contribution in [2.75, 3.05) is 16.4 Å². The Morgan fingerprint density at radius 1 is 1.17 bits per heavy atom. The Kier molecular flexibility index (Phi) is 6.07. The molecule has 0 aliphatic rings. The van der Waals surface area contributed by atoms with E-state index in [2.05, 4.69) is 15.7 Å². The lowest BCUT2D eigenvalue weighted by atomic mass is 10.1. The molecule has 0 aliphatic carbocycles. The monoisotopic (exact) mass is 401 g/mol. The molecule has 0 fully saturated rings. The maximum Gasteiger partial charge on any atom is 0.256 e. The molecule has 1 aromatic heterocycles. The van der Waals surface area contributed by atoms with Gasteiger partial charge in [-0.05, 0) is 50.2 Å². The molecule has 30 heavy (non-hydrogen) atoms. The van der Waals surface area contributed by atoms with E-state index in [1.165, 1.54) is 6.21 Å². The third kappa shape index (κ3) is 4.44. The summed E-state index contributed by atoms with van der Waals surface area (Å²) in [7, 11) is 0. The highest BCUT2D eigenvalue weighted by molar-refractivity contribution is 6.17. The Balaban J connectivity index is 1.83. The molecule has 6 N–H and O–H groups in total. The first-order chi connectivity index (χ1) is 14.4. The van der Waals surface area contributed by atoms with E-state index >= 15 is 0 Å². The number of hydrogen-bond acceptors (Lipinski definition) is 6. The van der Waals surface area contributed by atoms with Crippen molar-refractivity contribution in [3.8, 4) is 5.69 Å². The van der Waals surface area contributed by atoms with Gasteiger partial charge in [0, 0.05) is 46.8 Å². The first-order valence-electron chi connectivity index (χ1n) is 9.27. The summed E-state index contributed by atoms with van der Waals surface area (Å²) < 4.78 is 1.72. The van der Waals surface area contributed by atoms with Crippen molar-refractivity contribution in [3.63, 3.8) is 0 Å². The van der Waals surface area contributed by atoms with Gasteiger partial charge < -0.3 is 27.2 Å². The number of allylic oxidation sites excluding steroid dienone is 1. The van der Waals surface area contributed by atoms with Crippen LogP contribution < -0.4 is 16.4 Å². The Morgan fingerprint density at radius 3 is 2.67 bits per heavy atom. The van der Waals surface area contributed by atoms with E-state index < -0.39 is 0 Å². The second-order valence-corrected chi connectivity index (χ2v) is 6.61. The Hall–Kier alpha value is -4.20. The number of nitrogens with two attached hydrogens (primary N) is 1. The fraction of sp³-hybridized carbons (Fsp3) is 0.0909. The second kappa shape index (κ2) is 8.87. The quantitative estimate of drug-likeness (QED) is 0.232. The number of aromatic nitrogens is 2. The predicted octanol–water partition coefficient (Wildman–Crippen LogP) is 4.04. The van der Waals surface area contributed by atoms with Crippen molar-refractivity contribution in [2.45, 2.75) is 13.8 Å². The van der Waals surface area contributed by atoms with E-state index in [0.717, 1.165) is 23.2 Å². The molecule has 3 rings (SSSR count). The zero-order chi connectivity index (χ0) is 21.7. The van der Waals surface area contributed by atoms with Crippen LogP contribution in [0, 0.1) is 17.7 Å². The molecule has 0 saturated heterocycles. The molecule has 2 aromatic carbocycles. The number of benzene rings is 2. The first-order valence-corrected chi connectivity index (χ1v) is 9.27. The molecule has 1 heterocycles. The summed E-state index contributed by atoms with van der Waals surface area (Å²) in [6.45, 7) is 3.65. The van der Waals surface area contributed by atoms with Gasteiger partial charge in [-0.1, -0.05) is 12.1 Å². The van der Waals surface area contributed by atoms with Crippen LogP contribution in [0.5, 0.6) is 0 Å². The fourth-order valence-corrected chi connectivity index (χ4v) is 2.84. The van der Waals surface area contributed by atoms with Crippen molar-refractivity contribution >= 4 is 41.2 Å². The predicted molar refractivity (Wildman–Crippen MR) is 121 cm³/mol. The number of nitrogens with one attached hydrogen (secondary N) is 4. The lowest BCUT2D eigenvalue weighted by molar-refractivity contribution is -0.112. The minimum absolute atomic E-state index is 0.287. The normalized spacial score (nSPS) is 11.1. The average Bonchev–Trinajstić information content (AvgIpc) is 3.11. The lowest BCUT2D eigenvalue weighted by Gasteiger charge is -2.08. The van der Waals surface area contributed by atoms with Gasteiger partial charge in [0.05, 0.1) is 11.3 Å². The highest BCUT2D eigenvalue weighted by Crippen LogP contribution is 2.24. The van der Waals surface area contributed by atoms with Gasteiger partial charge in [-0.25, -0.2) is 4.68 Å². The molecule has 0 atom stereocenters. The van der Waals surface area contributed by atoms with Crippen molar-refractivity contribution in [3.05, 3.63) is 71.4 Å². The van der Waals surface area contributed by atoms with Gasteiger partial charge in [0.1, 0.15) is 0 Å². The number of carbonyl (C=O) groups is 1. The zero-order valence-corrected chi connectivity index (χ0v) is 16.7. The number of hydrogen-bond donors (Lipinski definition) is 5. The molecule has 8 heteroatoms. The Morgan fingerprint density at radius 2 is 1.97 bits per heavy atom. The molecule has 8 nitrogen and oxygen atoms in total. The van der Waals surface area contributed by atoms with Gasteiger partial charge in [-0.15, -0.1) is 5.10 Å². The average molecular weight is 401 g/mol. The second-order valence-electron chi connectivity index (χ2n) is 6.61. The van der Waals surface area contributed by atoms with Crippen LogP contribution in [0.4, 0.5) is 22.9 Å². The molecule has 0 unspecified atom stereocenters.